The van der Waals surface area contributed by atoms with Crippen molar-refractivity contribution in [1.82, 2.24) is 10.2 Å². The van der Waals surface area contributed by atoms with Crippen LogP contribution in [0.5, 0.6) is 0 Å². The zero-order chi connectivity index (χ0) is 26.8. The summed E-state index contributed by atoms with van der Waals surface area (Å²) in [6.45, 7) is 9.36. The van der Waals surface area contributed by atoms with E-state index in [0.717, 1.165) is 30.5 Å². The molecule has 2 rings (SSSR count). The van der Waals surface area contributed by atoms with Crippen LogP contribution in [0.1, 0.15) is 63.5 Å². The molecule has 1 aromatic carbocycles. The van der Waals surface area contributed by atoms with Gasteiger partial charge in [-0.2, -0.15) is 0 Å². The maximum absolute atomic E-state index is 13.7. The first kappa shape index (κ1) is 31.0. The molecule has 208 valence electrons. The number of alkyl halides is 2. The van der Waals surface area contributed by atoms with Crippen molar-refractivity contribution >= 4 is 0 Å². The highest BCUT2D eigenvalue weighted by Crippen LogP contribution is 2.45. The Morgan fingerprint density at radius 2 is 1.86 bits per heavy atom. The lowest BCUT2D eigenvalue weighted by Crippen LogP contribution is -2.45. The van der Waals surface area contributed by atoms with Crippen molar-refractivity contribution in [2.24, 2.45) is 11.3 Å². The number of halogens is 3. The van der Waals surface area contributed by atoms with E-state index in [9.17, 15) is 18.3 Å². The molecule has 0 fully saturated rings. The number of ether oxygens (including phenoxy) is 2. The summed E-state index contributed by atoms with van der Waals surface area (Å²) in [7, 11) is 3.23. The number of benzene rings is 1. The van der Waals surface area contributed by atoms with E-state index in [4.69, 9.17) is 9.47 Å². The van der Waals surface area contributed by atoms with E-state index in [0.29, 0.717) is 52.1 Å². The molecule has 0 amide bonds. The van der Waals surface area contributed by atoms with Gasteiger partial charge in [0.15, 0.2) is 0 Å². The molecule has 8 heteroatoms. The van der Waals surface area contributed by atoms with Crippen molar-refractivity contribution in [2.75, 3.05) is 60.2 Å². The van der Waals surface area contributed by atoms with E-state index in [1.54, 1.807) is 25.2 Å². The van der Waals surface area contributed by atoms with Gasteiger partial charge in [-0.1, -0.05) is 26.8 Å². The average Bonchev–Trinajstić information content (AvgIpc) is 2.78. The molecule has 2 atom stereocenters. The Kier molecular flexibility index (Phi) is 12.6. The molecule has 1 aliphatic carbocycles. The van der Waals surface area contributed by atoms with Gasteiger partial charge in [-0.3, -0.25) is 4.90 Å². The Morgan fingerprint density at radius 3 is 2.47 bits per heavy atom. The van der Waals surface area contributed by atoms with Crippen molar-refractivity contribution in [3.63, 3.8) is 0 Å². The smallest absolute Gasteiger partial charge is 0.251 e. The van der Waals surface area contributed by atoms with E-state index in [1.807, 2.05) is 13.0 Å². The molecule has 2 N–H and O–H groups in total. The van der Waals surface area contributed by atoms with Gasteiger partial charge in [-0.25, -0.2) is 13.2 Å². The molecule has 1 aromatic rings. The standard InChI is InChI=1S/C28H47F3N2O3/c1-21(2)26-24-9-8-23(29)16-22(24)10-11-28(26,34)12-14-32-13-6-7-15-33(17-25(30)31)18-27(3,19-35-4)20-36-5/h8-9,16,21,25-26,32,34H,6-7,10-15,17-20H2,1-5H3/t26-,28-/m0/s1. The minimum atomic E-state index is -2.38. The Balaban J connectivity index is 1.81. The number of aryl methyl sites for hydroxylation is 1. The summed E-state index contributed by atoms with van der Waals surface area (Å²) in [4.78, 5) is 1.81. The SMILES string of the molecule is COCC(C)(COC)CN(CCCCNCC[C@@]1(O)CCc2cc(F)ccc2[C@@H]1C(C)C)CC(F)F. The van der Waals surface area contributed by atoms with Crippen LogP contribution in [0.4, 0.5) is 13.2 Å². The highest BCUT2D eigenvalue weighted by atomic mass is 19.3. The summed E-state index contributed by atoms with van der Waals surface area (Å²) in [6, 6.07) is 4.93. The lowest BCUT2D eigenvalue weighted by atomic mass is 9.66. The molecule has 36 heavy (non-hydrogen) atoms. The van der Waals surface area contributed by atoms with Crippen molar-refractivity contribution in [3.8, 4) is 0 Å². The summed E-state index contributed by atoms with van der Waals surface area (Å²) in [5.41, 5.74) is 0.899. The van der Waals surface area contributed by atoms with Crippen LogP contribution in [0.2, 0.25) is 0 Å². The molecule has 0 radical (unpaired) electrons. The van der Waals surface area contributed by atoms with Crippen molar-refractivity contribution in [3.05, 3.63) is 35.1 Å². The quantitative estimate of drug-likeness (QED) is 0.290. The fraction of sp³-hybridized carbons (Fsp3) is 0.786. The predicted molar refractivity (Wildman–Crippen MR) is 138 cm³/mol. The van der Waals surface area contributed by atoms with E-state index in [1.165, 1.54) is 6.07 Å². The average molecular weight is 517 g/mol. The summed E-state index contributed by atoms with van der Waals surface area (Å²) >= 11 is 0. The number of aliphatic hydroxyl groups is 1. The van der Waals surface area contributed by atoms with Gasteiger partial charge < -0.3 is 19.9 Å². The number of fused-ring (bicyclic) bond motifs is 1. The number of nitrogens with zero attached hydrogens (tertiary/aromatic N) is 1. The van der Waals surface area contributed by atoms with Crippen LogP contribution < -0.4 is 5.32 Å². The van der Waals surface area contributed by atoms with Crippen LogP contribution in [-0.4, -0.2) is 82.2 Å². The molecule has 0 heterocycles. The summed E-state index contributed by atoms with van der Waals surface area (Å²) in [6.07, 6.45) is 1.20. The number of unbranched alkanes of at least 4 members (excludes halogenated alkanes) is 1. The summed E-state index contributed by atoms with van der Waals surface area (Å²) in [5.74, 6) is -0.0141. The molecule has 0 unspecified atom stereocenters. The first-order valence-corrected chi connectivity index (χ1v) is 13.2. The van der Waals surface area contributed by atoms with Crippen LogP contribution in [0.3, 0.4) is 0 Å². The molecule has 0 spiro atoms. The molecule has 0 aromatic heterocycles. The minimum absolute atomic E-state index is 0.0277. The lowest BCUT2D eigenvalue weighted by Gasteiger charge is -2.44. The highest BCUT2D eigenvalue weighted by Gasteiger charge is 2.42. The Labute approximate surface area is 215 Å². The largest absolute Gasteiger partial charge is 0.389 e. The number of nitrogens with one attached hydrogen (secondary N) is 1. The first-order valence-electron chi connectivity index (χ1n) is 13.2. The van der Waals surface area contributed by atoms with Gasteiger partial charge >= 0.3 is 0 Å². The minimum Gasteiger partial charge on any atom is -0.389 e. The second-order valence-corrected chi connectivity index (χ2v) is 11.2. The van der Waals surface area contributed by atoms with E-state index in [2.05, 4.69) is 19.2 Å². The second kappa shape index (κ2) is 14.7. The van der Waals surface area contributed by atoms with Gasteiger partial charge in [0.25, 0.3) is 6.43 Å². The van der Waals surface area contributed by atoms with Gasteiger partial charge in [0.05, 0.1) is 25.4 Å². The molecule has 5 nitrogen and oxygen atoms in total. The van der Waals surface area contributed by atoms with Crippen molar-refractivity contribution in [1.29, 1.82) is 0 Å². The normalized spacial score (nSPS) is 20.5. The second-order valence-electron chi connectivity index (χ2n) is 11.2. The molecule has 0 bridgehead atoms. The number of hydrogen-bond acceptors (Lipinski definition) is 5. The van der Waals surface area contributed by atoms with Crippen molar-refractivity contribution in [2.45, 2.75) is 70.8 Å². The predicted octanol–water partition coefficient (Wildman–Crippen LogP) is 4.87. The third-order valence-electron chi connectivity index (χ3n) is 7.31. The van der Waals surface area contributed by atoms with E-state index in [-0.39, 0.29) is 29.6 Å². The highest BCUT2D eigenvalue weighted by molar-refractivity contribution is 5.36. The van der Waals surface area contributed by atoms with Crippen LogP contribution in [-0.2, 0) is 15.9 Å². The molecular weight excluding hydrogens is 469 g/mol. The fourth-order valence-electron chi connectivity index (χ4n) is 5.97. The Bertz CT molecular complexity index is 774. The molecule has 0 aliphatic heterocycles. The third-order valence-corrected chi connectivity index (χ3v) is 7.31. The summed E-state index contributed by atoms with van der Waals surface area (Å²) in [5, 5.41) is 15.0. The van der Waals surface area contributed by atoms with Crippen LogP contribution in [0, 0.1) is 17.2 Å². The van der Waals surface area contributed by atoms with Crippen LogP contribution in [0.15, 0.2) is 18.2 Å². The molecule has 1 aliphatic rings. The molecular formula is C28H47F3N2O3. The first-order chi connectivity index (χ1) is 17.0. The fourth-order valence-corrected chi connectivity index (χ4v) is 5.97. The zero-order valence-corrected chi connectivity index (χ0v) is 22.8. The Morgan fingerprint density at radius 1 is 1.17 bits per heavy atom. The molecule has 0 saturated heterocycles. The van der Waals surface area contributed by atoms with E-state index < -0.39 is 12.0 Å². The lowest BCUT2D eigenvalue weighted by molar-refractivity contribution is -0.0241. The number of hydrogen-bond donors (Lipinski definition) is 2. The third kappa shape index (κ3) is 9.28. The number of methoxy groups -OCH3 is 2. The maximum atomic E-state index is 13.7. The van der Waals surface area contributed by atoms with Gasteiger partial charge in [0.2, 0.25) is 0 Å². The summed E-state index contributed by atoms with van der Waals surface area (Å²) < 4.78 is 50.6. The monoisotopic (exact) mass is 516 g/mol. The van der Waals surface area contributed by atoms with Gasteiger partial charge in [-0.05, 0) is 80.9 Å². The van der Waals surface area contributed by atoms with Crippen molar-refractivity contribution < 1.29 is 27.8 Å². The number of rotatable bonds is 17. The maximum Gasteiger partial charge on any atom is 0.251 e. The van der Waals surface area contributed by atoms with E-state index >= 15 is 0 Å². The Hall–Kier alpha value is -1.19. The van der Waals surface area contributed by atoms with Gasteiger partial charge in [-0.15, -0.1) is 0 Å². The van der Waals surface area contributed by atoms with Crippen LogP contribution >= 0.6 is 0 Å². The van der Waals surface area contributed by atoms with Gasteiger partial charge in [0.1, 0.15) is 5.82 Å². The van der Waals surface area contributed by atoms with Crippen LogP contribution in [0.25, 0.3) is 0 Å². The topological polar surface area (TPSA) is 54.0 Å². The van der Waals surface area contributed by atoms with Gasteiger partial charge in [0, 0.05) is 32.1 Å². The zero-order valence-electron chi connectivity index (χ0n) is 22.8. The molecule has 0 saturated carbocycles.